The summed E-state index contributed by atoms with van der Waals surface area (Å²) in [6.45, 7) is 4.74. The number of pyridine rings is 1. The van der Waals surface area contributed by atoms with E-state index >= 15 is 0 Å². The molecule has 1 aliphatic rings. The van der Waals surface area contributed by atoms with Crippen LogP contribution >= 0.6 is 0 Å². The first-order chi connectivity index (χ1) is 26.5. The van der Waals surface area contributed by atoms with Gasteiger partial charge in [0.1, 0.15) is 0 Å². The number of nitrogens with zero attached hydrogens (tertiary/aromatic N) is 2. The maximum atomic E-state index is 5.32. The molecule has 0 unspecified atom stereocenters. The van der Waals surface area contributed by atoms with Crippen molar-refractivity contribution >= 4 is 43.5 Å². The lowest BCUT2D eigenvalue weighted by Crippen LogP contribution is -2.14. The number of hydrogen-bond donors (Lipinski definition) is 0. The van der Waals surface area contributed by atoms with Crippen LogP contribution in [0.1, 0.15) is 25.0 Å². The molecule has 0 amide bonds. The molecular weight excluding hydrogens is 653 g/mol. The molecule has 0 atom stereocenters. The predicted octanol–water partition coefficient (Wildman–Crippen LogP) is 13.8. The van der Waals surface area contributed by atoms with Gasteiger partial charge in [0.2, 0.25) is 0 Å². The lowest BCUT2D eigenvalue weighted by Gasteiger charge is -2.22. The van der Waals surface area contributed by atoms with Gasteiger partial charge >= 0.3 is 0 Å². The summed E-state index contributed by atoms with van der Waals surface area (Å²) < 4.78 is 2.50. The number of fused-ring (bicyclic) bond motifs is 9. The SMILES string of the molecule is CC1(C)c2ccccc2-c2cc3c4cc(-c5nc6ccccc6c6ccccc56)ccc4n(-c4cc(-c5ccccc5)cc(-c5ccccc5)c4)c3cc21. The van der Waals surface area contributed by atoms with Gasteiger partial charge in [0, 0.05) is 38.2 Å². The number of hydrogen-bond acceptors (Lipinski definition) is 1. The van der Waals surface area contributed by atoms with Crippen molar-refractivity contribution in [1.82, 2.24) is 9.55 Å². The van der Waals surface area contributed by atoms with Crippen molar-refractivity contribution in [3.8, 4) is 50.3 Å². The zero-order chi connectivity index (χ0) is 36.0. The second-order valence-electron chi connectivity index (χ2n) is 15.2. The molecule has 254 valence electrons. The maximum absolute atomic E-state index is 5.32. The van der Waals surface area contributed by atoms with Gasteiger partial charge in [-0.1, -0.05) is 147 Å². The first kappa shape index (κ1) is 30.8. The van der Waals surface area contributed by atoms with Crippen LogP contribution in [0.25, 0.3) is 93.8 Å². The van der Waals surface area contributed by atoms with E-state index in [1.54, 1.807) is 0 Å². The molecule has 0 aliphatic heterocycles. The van der Waals surface area contributed by atoms with Gasteiger partial charge in [-0.3, -0.25) is 0 Å². The van der Waals surface area contributed by atoms with E-state index in [4.69, 9.17) is 4.98 Å². The van der Waals surface area contributed by atoms with Crippen molar-refractivity contribution in [3.63, 3.8) is 0 Å². The zero-order valence-corrected chi connectivity index (χ0v) is 30.2. The molecule has 0 saturated heterocycles. The van der Waals surface area contributed by atoms with E-state index in [0.29, 0.717) is 0 Å². The predicted molar refractivity (Wildman–Crippen MR) is 227 cm³/mol. The highest BCUT2D eigenvalue weighted by Crippen LogP contribution is 2.51. The molecule has 54 heavy (non-hydrogen) atoms. The standard InChI is InChI=1S/C52H36N2/c1-52(2)46-23-13-11-20-40(46)43-31-45-44-30-35(51-42-22-10-9-19-39(42)41-21-12-14-24-48(41)53-51)25-26-49(44)54(50(45)32-47(43)52)38-28-36(33-15-5-3-6-16-33)27-37(29-38)34-17-7-4-8-18-34/h3-32H,1-2H3. The molecule has 10 aromatic rings. The van der Waals surface area contributed by atoms with Crippen LogP contribution in [0.15, 0.2) is 182 Å². The van der Waals surface area contributed by atoms with E-state index in [0.717, 1.165) is 22.5 Å². The normalized spacial score (nSPS) is 13.1. The second-order valence-corrected chi connectivity index (χ2v) is 15.2. The molecule has 0 spiro atoms. The highest BCUT2D eigenvalue weighted by Gasteiger charge is 2.36. The Balaban J connectivity index is 1.24. The van der Waals surface area contributed by atoms with Crippen molar-refractivity contribution in [2.24, 2.45) is 0 Å². The largest absolute Gasteiger partial charge is 0.309 e. The first-order valence-corrected chi connectivity index (χ1v) is 18.8. The molecule has 2 aromatic heterocycles. The maximum Gasteiger partial charge on any atom is 0.0788 e. The average molecular weight is 689 g/mol. The van der Waals surface area contributed by atoms with Gasteiger partial charge in [0.25, 0.3) is 0 Å². The van der Waals surface area contributed by atoms with Crippen molar-refractivity contribution in [2.75, 3.05) is 0 Å². The van der Waals surface area contributed by atoms with Gasteiger partial charge in [-0.2, -0.15) is 0 Å². The van der Waals surface area contributed by atoms with Crippen LogP contribution in [0.2, 0.25) is 0 Å². The Bertz CT molecular complexity index is 3060. The van der Waals surface area contributed by atoms with Gasteiger partial charge in [0.15, 0.2) is 0 Å². The topological polar surface area (TPSA) is 17.8 Å². The van der Waals surface area contributed by atoms with E-state index < -0.39 is 0 Å². The van der Waals surface area contributed by atoms with Crippen LogP contribution in [-0.4, -0.2) is 9.55 Å². The lowest BCUT2D eigenvalue weighted by atomic mass is 9.82. The summed E-state index contributed by atoms with van der Waals surface area (Å²) in [6, 6.07) is 66.6. The summed E-state index contributed by atoms with van der Waals surface area (Å²) in [4.78, 5) is 5.32. The van der Waals surface area contributed by atoms with Crippen LogP contribution in [0.4, 0.5) is 0 Å². The molecule has 0 N–H and O–H groups in total. The first-order valence-electron chi connectivity index (χ1n) is 18.8. The third-order valence-electron chi connectivity index (χ3n) is 11.7. The van der Waals surface area contributed by atoms with E-state index in [9.17, 15) is 0 Å². The molecule has 11 rings (SSSR count). The molecule has 2 nitrogen and oxygen atoms in total. The fourth-order valence-corrected chi connectivity index (χ4v) is 9.10. The Hall–Kier alpha value is -6.77. The van der Waals surface area contributed by atoms with Gasteiger partial charge in [-0.25, -0.2) is 4.98 Å². The molecule has 1 aliphatic carbocycles. The molecule has 0 saturated carbocycles. The Labute approximate surface area is 314 Å². The summed E-state index contributed by atoms with van der Waals surface area (Å²) in [5.74, 6) is 0. The van der Waals surface area contributed by atoms with Gasteiger partial charge < -0.3 is 4.57 Å². The van der Waals surface area contributed by atoms with Gasteiger partial charge in [-0.05, 0) is 98.4 Å². The van der Waals surface area contributed by atoms with Crippen LogP contribution in [0, 0.1) is 0 Å². The number of rotatable bonds is 4. The molecule has 2 heteroatoms. The Morgan fingerprint density at radius 1 is 0.389 bits per heavy atom. The molecule has 0 bridgehead atoms. The van der Waals surface area contributed by atoms with Gasteiger partial charge in [-0.15, -0.1) is 0 Å². The van der Waals surface area contributed by atoms with Crippen molar-refractivity contribution in [3.05, 3.63) is 193 Å². The second kappa shape index (κ2) is 11.6. The molecular formula is C52H36N2. The lowest BCUT2D eigenvalue weighted by molar-refractivity contribution is 0.661. The smallest absolute Gasteiger partial charge is 0.0788 e. The summed E-state index contributed by atoms with van der Waals surface area (Å²) in [5, 5.41) is 6.04. The minimum atomic E-state index is -0.123. The van der Waals surface area contributed by atoms with Crippen molar-refractivity contribution < 1.29 is 0 Å². The van der Waals surface area contributed by atoms with E-state index in [2.05, 4.69) is 200 Å². The number of benzene rings is 8. The summed E-state index contributed by atoms with van der Waals surface area (Å²) in [5.41, 5.74) is 16.7. The summed E-state index contributed by atoms with van der Waals surface area (Å²) in [6.07, 6.45) is 0. The number of para-hydroxylation sites is 1. The summed E-state index contributed by atoms with van der Waals surface area (Å²) in [7, 11) is 0. The van der Waals surface area contributed by atoms with Gasteiger partial charge in [0.05, 0.1) is 22.2 Å². The third-order valence-corrected chi connectivity index (χ3v) is 11.7. The summed E-state index contributed by atoms with van der Waals surface area (Å²) >= 11 is 0. The molecule has 0 fully saturated rings. The highest BCUT2D eigenvalue weighted by molar-refractivity contribution is 6.15. The fourth-order valence-electron chi connectivity index (χ4n) is 9.10. The zero-order valence-electron chi connectivity index (χ0n) is 30.2. The Kier molecular flexibility index (Phi) is 6.63. The number of aromatic nitrogens is 2. The average Bonchev–Trinajstić information content (AvgIpc) is 3.67. The fraction of sp³-hybridized carbons (Fsp3) is 0.0577. The molecule has 0 radical (unpaired) electrons. The minimum Gasteiger partial charge on any atom is -0.309 e. The quantitative estimate of drug-likeness (QED) is 0.168. The van der Waals surface area contributed by atoms with Crippen molar-refractivity contribution in [1.29, 1.82) is 0 Å². The Morgan fingerprint density at radius 2 is 1.00 bits per heavy atom. The van der Waals surface area contributed by atoms with Crippen LogP contribution in [-0.2, 0) is 5.41 Å². The van der Waals surface area contributed by atoms with E-state index in [1.807, 2.05) is 0 Å². The van der Waals surface area contributed by atoms with E-state index in [-0.39, 0.29) is 5.41 Å². The molecule has 2 heterocycles. The molecule has 8 aromatic carbocycles. The van der Waals surface area contributed by atoms with Crippen molar-refractivity contribution in [2.45, 2.75) is 19.3 Å². The Morgan fingerprint density at radius 3 is 1.74 bits per heavy atom. The monoisotopic (exact) mass is 688 g/mol. The van der Waals surface area contributed by atoms with Crippen LogP contribution in [0.5, 0.6) is 0 Å². The third kappa shape index (κ3) is 4.56. The minimum absolute atomic E-state index is 0.123. The van der Waals surface area contributed by atoms with Crippen LogP contribution < -0.4 is 0 Å². The van der Waals surface area contributed by atoms with Crippen LogP contribution in [0.3, 0.4) is 0 Å². The highest BCUT2D eigenvalue weighted by atomic mass is 15.0. The van der Waals surface area contributed by atoms with E-state index in [1.165, 1.54) is 82.5 Å².